The Bertz CT molecular complexity index is 1480. The Hall–Kier alpha value is -3.60. The van der Waals surface area contributed by atoms with E-state index in [1.165, 1.54) is 6.07 Å². The van der Waals surface area contributed by atoms with E-state index in [2.05, 4.69) is 20.5 Å². The van der Waals surface area contributed by atoms with Gasteiger partial charge in [-0.25, -0.2) is 18.9 Å². The van der Waals surface area contributed by atoms with E-state index >= 15 is 0 Å². The lowest BCUT2D eigenvalue weighted by atomic mass is 9.61. The molecule has 4 heterocycles. The minimum Gasteiger partial charge on any atom is -0.481 e. The summed E-state index contributed by atoms with van der Waals surface area (Å²) in [4.78, 5) is 21.2. The van der Waals surface area contributed by atoms with Gasteiger partial charge in [0.2, 0.25) is 5.82 Å². The van der Waals surface area contributed by atoms with Crippen LogP contribution in [0.25, 0.3) is 28.1 Å². The smallest absolute Gasteiger partial charge is 0.308 e. The van der Waals surface area contributed by atoms with E-state index in [0.717, 1.165) is 36.7 Å². The van der Waals surface area contributed by atoms with E-state index in [4.69, 9.17) is 14.8 Å². The Morgan fingerprint density at radius 3 is 2.94 bits per heavy atom. The fourth-order valence-electron chi connectivity index (χ4n) is 6.71. The molecule has 180 valence electrons. The van der Waals surface area contributed by atoms with Crippen molar-refractivity contribution in [2.45, 2.75) is 31.9 Å². The third kappa shape index (κ3) is 3.07. The first-order valence-corrected chi connectivity index (χ1v) is 11.9. The summed E-state index contributed by atoms with van der Waals surface area (Å²) in [5, 5.41) is 25.9. The second-order valence-corrected chi connectivity index (χ2v) is 9.96. The molecule has 10 nitrogen and oxygen atoms in total. The number of nitrogens with one attached hydrogen (secondary N) is 2. The number of H-pyrrole nitrogens is 1. The lowest BCUT2D eigenvalue weighted by Gasteiger charge is -2.46. The first-order chi connectivity index (χ1) is 17.0. The normalized spacial score (nSPS) is 29.0. The largest absolute Gasteiger partial charge is 0.481 e. The number of pyridine rings is 1. The molecule has 0 radical (unpaired) electrons. The Balaban J connectivity index is 1.37. The van der Waals surface area contributed by atoms with Gasteiger partial charge in [0.1, 0.15) is 17.0 Å². The third-order valence-corrected chi connectivity index (χ3v) is 8.20. The zero-order valence-corrected chi connectivity index (χ0v) is 19.0. The number of carboxylic acids is 1. The average Bonchev–Trinajstić information content (AvgIpc) is 3.43. The molecule has 6 atom stereocenters. The molecule has 2 bridgehead atoms. The number of methoxy groups -OCH3 is 1. The van der Waals surface area contributed by atoms with Crippen LogP contribution < -0.4 is 5.32 Å². The van der Waals surface area contributed by atoms with Crippen molar-refractivity contribution in [2.24, 2.45) is 29.6 Å². The third-order valence-electron chi connectivity index (χ3n) is 8.20. The number of carboxylic acid groups (broad SMARTS) is 1. The topological polar surface area (TPSA) is 130 Å². The number of aromatic amines is 1. The van der Waals surface area contributed by atoms with Crippen molar-refractivity contribution in [1.29, 1.82) is 0 Å². The number of carbonyl (C=O) groups is 1. The summed E-state index contributed by atoms with van der Waals surface area (Å²) in [6.07, 6.45) is 4.26. The molecule has 4 aromatic rings. The maximum atomic E-state index is 14.0. The van der Waals surface area contributed by atoms with E-state index in [0.29, 0.717) is 52.7 Å². The zero-order chi connectivity index (χ0) is 23.8. The van der Waals surface area contributed by atoms with Crippen LogP contribution in [0.1, 0.15) is 25.0 Å². The number of aromatic nitrogens is 6. The molecule has 0 saturated heterocycles. The molecule has 4 saturated carbocycles. The molecule has 4 aliphatic rings. The van der Waals surface area contributed by atoms with Gasteiger partial charge in [0.05, 0.1) is 29.8 Å². The highest BCUT2D eigenvalue weighted by Crippen LogP contribution is 2.64. The van der Waals surface area contributed by atoms with Crippen molar-refractivity contribution in [3.63, 3.8) is 0 Å². The maximum Gasteiger partial charge on any atom is 0.308 e. The molecule has 0 aliphatic heterocycles. The van der Waals surface area contributed by atoms with Crippen molar-refractivity contribution in [3.8, 4) is 11.5 Å². The van der Waals surface area contributed by atoms with Crippen molar-refractivity contribution in [3.05, 3.63) is 35.9 Å². The zero-order valence-electron chi connectivity index (χ0n) is 19.0. The Labute approximate surface area is 198 Å². The Kier molecular flexibility index (Phi) is 4.41. The van der Waals surface area contributed by atoms with Crippen LogP contribution in [-0.4, -0.2) is 54.0 Å². The van der Waals surface area contributed by atoms with Gasteiger partial charge in [-0.05, 0) is 61.1 Å². The Morgan fingerprint density at radius 1 is 1.29 bits per heavy atom. The minimum absolute atomic E-state index is 0.207. The van der Waals surface area contributed by atoms with Gasteiger partial charge in [0.25, 0.3) is 0 Å². The van der Waals surface area contributed by atoms with Crippen LogP contribution in [0, 0.1) is 35.4 Å². The van der Waals surface area contributed by atoms with E-state index in [1.807, 2.05) is 12.1 Å². The van der Waals surface area contributed by atoms with E-state index in [1.54, 1.807) is 11.6 Å². The number of rotatable bonds is 6. The first kappa shape index (κ1) is 20.7. The standard InChI is InChI=1S/C24H24FN7O3/c1-35-9-11-2-5-17-22(27-19-13-4-3-12(14-7-15(13)14)18(19)24(33)34)28-23(31-32(11)17)20-16-6-10(25)8-26-21(16)30-29-20/h2,5-6,8,12-15,18-19H,3-4,7,9H2,1H3,(H,33,34)(H,26,29,30)(H,27,28,31)/t12-,13+,14?,15?,18+,19+/m0/s1. The maximum absolute atomic E-state index is 14.0. The monoisotopic (exact) mass is 477 g/mol. The van der Waals surface area contributed by atoms with Crippen LogP contribution in [0.2, 0.25) is 0 Å². The van der Waals surface area contributed by atoms with Crippen LogP contribution in [0.4, 0.5) is 10.2 Å². The van der Waals surface area contributed by atoms with Gasteiger partial charge in [0, 0.05) is 13.2 Å². The number of halogens is 1. The summed E-state index contributed by atoms with van der Waals surface area (Å²) in [6.45, 7) is 0.333. The van der Waals surface area contributed by atoms with Gasteiger partial charge in [-0.15, -0.1) is 5.10 Å². The van der Waals surface area contributed by atoms with Crippen molar-refractivity contribution >= 4 is 28.3 Å². The second kappa shape index (κ2) is 7.45. The van der Waals surface area contributed by atoms with Gasteiger partial charge in [-0.3, -0.25) is 9.89 Å². The molecule has 0 spiro atoms. The summed E-state index contributed by atoms with van der Waals surface area (Å²) < 4.78 is 21.1. The number of hydrogen-bond acceptors (Lipinski definition) is 7. The molecular formula is C24H24FN7O3. The van der Waals surface area contributed by atoms with Crippen molar-refractivity contribution in [1.82, 2.24) is 29.8 Å². The molecule has 0 amide bonds. The average molecular weight is 478 g/mol. The predicted molar refractivity (Wildman–Crippen MR) is 123 cm³/mol. The number of fused-ring (bicyclic) bond motifs is 4. The molecule has 8 rings (SSSR count). The lowest BCUT2D eigenvalue weighted by molar-refractivity contribution is -0.148. The quantitative estimate of drug-likeness (QED) is 0.386. The Morgan fingerprint density at radius 2 is 2.11 bits per heavy atom. The molecule has 3 N–H and O–H groups in total. The van der Waals surface area contributed by atoms with E-state index in [9.17, 15) is 14.3 Å². The summed E-state index contributed by atoms with van der Waals surface area (Å²) in [5.74, 6) is 0.839. The van der Waals surface area contributed by atoms with Crippen molar-refractivity contribution in [2.75, 3.05) is 12.4 Å². The van der Waals surface area contributed by atoms with Gasteiger partial charge < -0.3 is 15.2 Å². The first-order valence-electron chi connectivity index (χ1n) is 11.9. The van der Waals surface area contributed by atoms with Gasteiger partial charge in [-0.1, -0.05) is 0 Å². The number of hydrogen-bond donors (Lipinski definition) is 3. The summed E-state index contributed by atoms with van der Waals surface area (Å²) >= 11 is 0. The second-order valence-electron chi connectivity index (χ2n) is 9.96. The van der Waals surface area contributed by atoms with Crippen LogP contribution in [0.3, 0.4) is 0 Å². The van der Waals surface area contributed by atoms with E-state index < -0.39 is 17.7 Å². The minimum atomic E-state index is -0.746. The molecule has 4 aromatic heterocycles. The molecule has 11 heteroatoms. The van der Waals surface area contributed by atoms with Crippen LogP contribution >= 0.6 is 0 Å². The number of ether oxygens (including phenoxy) is 1. The number of anilines is 1. The highest BCUT2D eigenvalue weighted by Gasteiger charge is 2.63. The SMILES string of the molecule is COCc1ccc2c(N[C@H]3[C@H](C(=O)O)[C@H]4CC[C@@H]3C3CC34)nc(-c3[nH]nc4ncc(F)cc34)nn12. The highest BCUT2D eigenvalue weighted by molar-refractivity contribution is 5.89. The van der Waals surface area contributed by atoms with Crippen molar-refractivity contribution < 1.29 is 19.0 Å². The molecule has 4 fully saturated rings. The molecule has 0 aromatic carbocycles. The molecule has 2 unspecified atom stereocenters. The summed E-state index contributed by atoms with van der Waals surface area (Å²) in [6, 6.07) is 4.96. The lowest BCUT2D eigenvalue weighted by Crippen LogP contribution is -2.52. The summed E-state index contributed by atoms with van der Waals surface area (Å²) in [5.41, 5.74) is 2.34. The van der Waals surface area contributed by atoms with Crippen LogP contribution in [0.15, 0.2) is 24.4 Å². The van der Waals surface area contributed by atoms with E-state index in [-0.39, 0.29) is 12.0 Å². The summed E-state index contributed by atoms with van der Waals surface area (Å²) in [7, 11) is 1.61. The van der Waals surface area contributed by atoms with Gasteiger partial charge in [-0.2, -0.15) is 5.10 Å². The fourth-order valence-corrected chi connectivity index (χ4v) is 6.71. The number of aliphatic carboxylic acids is 1. The fraction of sp³-hybridized carbons (Fsp3) is 0.458. The van der Waals surface area contributed by atoms with Gasteiger partial charge in [0.15, 0.2) is 11.5 Å². The predicted octanol–water partition coefficient (Wildman–Crippen LogP) is 3.11. The molecule has 35 heavy (non-hydrogen) atoms. The van der Waals surface area contributed by atoms with Crippen LogP contribution in [-0.2, 0) is 16.1 Å². The molecule has 4 aliphatic carbocycles. The van der Waals surface area contributed by atoms with Gasteiger partial charge >= 0.3 is 5.97 Å². The number of nitrogens with zero attached hydrogens (tertiary/aromatic N) is 5. The molecular weight excluding hydrogens is 453 g/mol. The highest BCUT2D eigenvalue weighted by atomic mass is 19.1. The van der Waals surface area contributed by atoms with Crippen LogP contribution in [0.5, 0.6) is 0 Å².